The minimum atomic E-state index is 0.413. The van der Waals surface area contributed by atoms with Gasteiger partial charge in [-0.3, -0.25) is 0 Å². The maximum absolute atomic E-state index is 5.71. The lowest BCUT2D eigenvalue weighted by molar-refractivity contribution is 0.0458. The Morgan fingerprint density at radius 3 is 2.60 bits per heavy atom. The summed E-state index contributed by atoms with van der Waals surface area (Å²) in [4.78, 5) is 11.3. The molecule has 0 bridgehead atoms. The molecule has 5 heteroatoms. The number of nitrogens with zero attached hydrogens (tertiary/aromatic N) is 3. The maximum atomic E-state index is 5.71. The van der Waals surface area contributed by atoms with Gasteiger partial charge in [0.15, 0.2) is 0 Å². The first-order valence-corrected chi connectivity index (χ1v) is 7.74. The first-order valence-electron chi connectivity index (χ1n) is 7.74. The molecule has 1 aromatic rings. The van der Waals surface area contributed by atoms with E-state index < -0.39 is 0 Å². The Morgan fingerprint density at radius 1 is 1.25 bits per heavy atom. The summed E-state index contributed by atoms with van der Waals surface area (Å²) in [6.45, 7) is 10.0. The summed E-state index contributed by atoms with van der Waals surface area (Å²) < 4.78 is 5.71. The molecule has 0 saturated carbocycles. The van der Waals surface area contributed by atoms with Crippen molar-refractivity contribution in [1.82, 2.24) is 9.97 Å². The van der Waals surface area contributed by atoms with Gasteiger partial charge in [0, 0.05) is 31.8 Å². The molecule has 0 amide bonds. The Balaban J connectivity index is 2.11. The third-order valence-corrected chi connectivity index (χ3v) is 3.76. The van der Waals surface area contributed by atoms with E-state index in [0.29, 0.717) is 6.10 Å². The molecule has 5 nitrogen and oxygen atoms in total. The lowest BCUT2D eigenvalue weighted by Gasteiger charge is -2.33. The Morgan fingerprint density at radius 2 is 2.00 bits per heavy atom. The largest absolute Gasteiger partial charge is 0.378 e. The molecule has 2 rings (SSSR count). The molecule has 1 aliphatic heterocycles. The van der Waals surface area contributed by atoms with Crippen molar-refractivity contribution in [3.63, 3.8) is 0 Å². The van der Waals surface area contributed by atoms with Crippen molar-refractivity contribution >= 4 is 11.6 Å². The highest BCUT2D eigenvalue weighted by atomic mass is 16.5. The van der Waals surface area contributed by atoms with Crippen LogP contribution >= 0.6 is 0 Å². The Hall–Kier alpha value is -1.36. The van der Waals surface area contributed by atoms with Crippen LogP contribution in [-0.2, 0) is 11.2 Å². The number of hydrogen-bond donors (Lipinski definition) is 1. The molecule has 0 aliphatic carbocycles. The number of piperidine rings is 1. The highest BCUT2D eigenvalue weighted by Crippen LogP contribution is 2.27. The summed E-state index contributed by atoms with van der Waals surface area (Å²) in [6.07, 6.45) is 5.19. The average molecular weight is 278 g/mol. The van der Waals surface area contributed by atoms with Crippen molar-refractivity contribution in [3.05, 3.63) is 11.9 Å². The van der Waals surface area contributed by atoms with Gasteiger partial charge in [0.05, 0.1) is 6.10 Å². The monoisotopic (exact) mass is 278 g/mol. The minimum Gasteiger partial charge on any atom is -0.378 e. The van der Waals surface area contributed by atoms with Gasteiger partial charge >= 0.3 is 0 Å². The van der Waals surface area contributed by atoms with Crippen LogP contribution in [0.5, 0.6) is 0 Å². The predicted molar refractivity (Wildman–Crippen MR) is 82.4 cm³/mol. The first kappa shape index (κ1) is 15.0. The van der Waals surface area contributed by atoms with E-state index in [-0.39, 0.29) is 0 Å². The van der Waals surface area contributed by atoms with Crippen LogP contribution in [0, 0.1) is 0 Å². The van der Waals surface area contributed by atoms with Gasteiger partial charge in [0.25, 0.3) is 0 Å². The zero-order chi connectivity index (χ0) is 14.4. The summed E-state index contributed by atoms with van der Waals surface area (Å²) in [6, 6.07) is 0. The van der Waals surface area contributed by atoms with Crippen molar-refractivity contribution in [2.75, 3.05) is 36.5 Å². The fourth-order valence-corrected chi connectivity index (χ4v) is 2.79. The molecule has 1 N–H and O–H groups in total. The van der Waals surface area contributed by atoms with Crippen LogP contribution in [0.15, 0.2) is 6.33 Å². The van der Waals surface area contributed by atoms with Gasteiger partial charge in [-0.25, -0.2) is 9.97 Å². The second-order valence-electron chi connectivity index (χ2n) is 5.05. The topological polar surface area (TPSA) is 50.3 Å². The molecule has 0 unspecified atom stereocenters. The SMILES string of the molecule is CCNc1ncnc(N2CCC(OCC)CC2)c1CC. The van der Waals surface area contributed by atoms with Crippen LogP contribution in [0.1, 0.15) is 39.2 Å². The van der Waals surface area contributed by atoms with Crippen LogP contribution in [-0.4, -0.2) is 42.3 Å². The third-order valence-electron chi connectivity index (χ3n) is 3.76. The number of aromatic nitrogens is 2. The second-order valence-corrected chi connectivity index (χ2v) is 5.05. The van der Waals surface area contributed by atoms with Gasteiger partial charge in [-0.1, -0.05) is 6.92 Å². The Bertz CT molecular complexity index is 416. The van der Waals surface area contributed by atoms with Crippen LogP contribution in [0.4, 0.5) is 11.6 Å². The van der Waals surface area contributed by atoms with E-state index in [9.17, 15) is 0 Å². The summed E-state index contributed by atoms with van der Waals surface area (Å²) in [5.41, 5.74) is 1.23. The van der Waals surface area contributed by atoms with Crippen molar-refractivity contribution < 1.29 is 4.74 Å². The molecule has 1 aliphatic rings. The highest BCUT2D eigenvalue weighted by molar-refractivity contribution is 5.58. The van der Waals surface area contributed by atoms with Crippen molar-refractivity contribution in [1.29, 1.82) is 0 Å². The van der Waals surface area contributed by atoms with E-state index in [1.54, 1.807) is 6.33 Å². The van der Waals surface area contributed by atoms with Crippen molar-refractivity contribution in [2.24, 2.45) is 0 Å². The fraction of sp³-hybridized carbons (Fsp3) is 0.733. The van der Waals surface area contributed by atoms with E-state index in [1.165, 1.54) is 5.56 Å². The fourth-order valence-electron chi connectivity index (χ4n) is 2.79. The van der Waals surface area contributed by atoms with E-state index in [2.05, 4.69) is 41.0 Å². The zero-order valence-electron chi connectivity index (χ0n) is 12.9. The molecule has 0 atom stereocenters. The van der Waals surface area contributed by atoms with Gasteiger partial charge in [-0.15, -0.1) is 0 Å². The van der Waals surface area contributed by atoms with Crippen molar-refractivity contribution in [3.8, 4) is 0 Å². The number of ether oxygens (including phenoxy) is 1. The Kier molecular flexibility index (Phi) is 5.59. The summed E-state index contributed by atoms with van der Waals surface area (Å²) in [7, 11) is 0. The van der Waals surface area contributed by atoms with Crippen LogP contribution in [0.3, 0.4) is 0 Å². The lowest BCUT2D eigenvalue weighted by atomic mass is 10.1. The number of nitrogens with one attached hydrogen (secondary N) is 1. The van der Waals surface area contributed by atoms with Gasteiger partial charge in [0.2, 0.25) is 0 Å². The van der Waals surface area contributed by atoms with Crippen LogP contribution in [0.25, 0.3) is 0 Å². The lowest BCUT2D eigenvalue weighted by Crippen LogP contribution is -2.38. The maximum Gasteiger partial charge on any atom is 0.137 e. The van der Waals surface area contributed by atoms with E-state index in [4.69, 9.17) is 4.74 Å². The zero-order valence-corrected chi connectivity index (χ0v) is 12.9. The molecule has 20 heavy (non-hydrogen) atoms. The molecular formula is C15H26N4O. The van der Waals surface area contributed by atoms with Crippen molar-refractivity contribution in [2.45, 2.75) is 46.1 Å². The molecule has 1 saturated heterocycles. The second kappa shape index (κ2) is 7.43. The highest BCUT2D eigenvalue weighted by Gasteiger charge is 2.23. The van der Waals surface area contributed by atoms with Crippen LogP contribution < -0.4 is 10.2 Å². The predicted octanol–water partition coefficient (Wildman–Crippen LogP) is 2.48. The van der Waals surface area contributed by atoms with Gasteiger partial charge in [-0.2, -0.15) is 0 Å². The molecule has 0 aromatic carbocycles. The van der Waals surface area contributed by atoms with E-state index in [0.717, 1.165) is 57.1 Å². The molecular weight excluding hydrogens is 252 g/mol. The minimum absolute atomic E-state index is 0.413. The molecule has 2 heterocycles. The molecule has 1 aromatic heterocycles. The molecule has 0 radical (unpaired) electrons. The quantitative estimate of drug-likeness (QED) is 0.866. The average Bonchev–Trinajstić information content (AvgIpc) is 2.48. The number of rotatable bonds is 6. The van der Waals surface area contributed by atoms with Gasteiger partial charge < -0.3 is 15.0 Å². The smallest absolute Gasteiger partial charge is 0.137 e. The van der Waals surface area contributed by atoms with E-state index in [1.807, 2.05) is 0 Å². The van der Waals surface area contributed by atoms with Crippen LogP contribution in [0.2, 0.25) is 0 Å². The Labute approximate surface area is 121 Å². The summed E-state index contributed by atoms with van der Waals surface area (Å²) in [5, 5.41) is 3.33. The summed E-state index contributed by atoms with van der Waals surface area (Å²) >= 11 is 0. The third kappa shape index (κ3) is 3.39. The van der Waals surface area contributed by atoms with E-state index >= 15 is 0 Å². The molecule has 0 spiro atoms. The molecule has 1 fully saturated rings. The number of anilines is 2. The van der Waals surface area contributed by atoms with Gasteiger partial charge in [-0.05, 0) is 33.1 Å². The molecule has 112 valence electrons. The van der Waals surface area contributed by atoms with Gasteiger partial charge in [0.1, 0.15) is 18.0 Å². The first-order chi connectivity index (χ1) is 9.80. The summed E-state index contributed by atoms with van der Waals surface area (Å²) in [5.74, 6) is 2.07. The number of hydrogen-bond acceptors (Lipinski definition) is 5. The normalized spacial score (nSPS) is 16.4. The standard InChI is InChI=1S/C15H26N4O/c1-4-13-14(16-5-2)17-11-18-15(13)19-9-7-12(8-10-19)20-6-3/h11-12H,4-10H2,1-3H3,(H,16,17,18).